The lowest BCUT2D eigenvalue weighted by Gasteiger charge is -2.13. The van der Waals surface area contributed by atoms with Crippen LogP contribution in [0.2, 0.25) is 0 Å². The molecule has 1 unspecified atom stereocenters. The van der Waals surface area contributed by atoms with Gasteiger partial charge in [0.05, 0.1) is 6.07 Å². The van der Waals surface area contributed by atoms with Crippen molar-refractivity contribution in [1.29, 1.82) is 5.26 Å². The number of nitrogens with zero attached hydrogens (tertiary/aromatic N) is 1. The zero-order chi connectivity index (χ0) is 17.5. The summed E-state index contributed by atoms with van der Waals surface area (Å²) >= 11 is 0. The van der Waals surface area contributed by atoms with Gasteiger partial charge in [-0.25, -0.2) is 0 Å². The van der Waals surface area contributed by atoms with Crippen LogP contribution < -0.4 is 0 Å². The van der Waals surface area contributed by atoms with Crippen molar-refractivity contribution in [3.05, 3.63) is 64.3 Å². The average Bonchev–Trinajstić information content (AvgIpc) is 3.02. The minimum atomic E-state index is 0.260. The molecule has 2 nitrogen and oxygen atoms in total. The van der Waals surface area contributed by atoms with Gasteiger partial charge in [-0.05, 0) is 43.4 Å². The molecular weight excluding hydrogens is 294 g/mol. The Hall–Kier alpha value is -2.27. The van der Waals surface area contributed by atoms with Crippen LogP contribution in [-0.2, 0) is 11.2 Å². The van der Waals surface area contributed by atoms with E-state index in [1.807, 2.05) is 32.9 Å². The number of allylic oxidation sites excluding steroid dienone is 4. The Morgan fingerprint density at radius 1 is 1.29 bits per heavy atom. The van der Waals surface area contributed by atoms with Gasteiger partial charge in [0.25, 0.3) is 0 Å². The number of hydrogen-bond donors (Lipinski definition) is 0. The number of rotatable bonds is 2. The van der Waals surface area contributed by atoms with E-state index in [-0.39, 0.29) is 6.10 Å². The predicted molar refractivity (Wildman–Crippen MR) is 100 cm³/mol. The maximum Gasteiger partial charge on any atom is 0.130 e. The summed E-state index contributed by atoms with van der Waals surface area (Å²) in [6.07, 6.45) is 8.11. The van der Waals surface area contributed by atoms with Crippen molar-refractivity contribution in [3.8, 4) is 6.07 Å². The van der Waals surface area contributed by atoms with Crippen molar-refractivity contribution < 1.29 is 4.74 Å². The molecule has 1 aromatic rings. The van der Waals surface area contributed by atoms with E-state index in [2.05, 4.69) is 37.3 Å². The van der Waals surface area contributed by atoms with Crippen LogP contribution in [-0.4, -0.2) is 6.10 Å². The van der Waals surface area contributed by atoms with E-state index in [9.17, 15) is 5.26 Å². The van der Waals surface area contributed by atoms with Crippen LogP contribution in [0.3, 0.4) is 0 Å². The van der Waals surface area contributed by atoms with Gasteiger partial charge in [0.1, 0.15) is 11.9 Å². The Morgan fingerprint density at radius 2 is 2.04 bits per heavy atom. The molecule has 1 atom stereocenters. The lowest BCUT2D eigenvalue weighted by molar-refractivity contribution is 0.186. The lowest BCUT2D eigenvalue weighted by Crippen LogP contribution is -2.05. The lowest BCUT2D eigenvalue weighted by atomic mass is 9.95. The Balaban J connectivity index is 0.00000100. The zero-order valence-electron chi connectivity index (χ0n) is 15.2. The average molecular weight is 321 g/mol. The Bertz CT molecular complexity index is 716. The van der Waals surface area contributed by atoms with E-state index < -0.39 is 0 Å². The molecular formula is C22H27NO. The summed E-state index contributed by atoms with van der Waals surface area (Å²) in [7, 11) is 0. The van der Waals surface area contributed by atoms with E-state index >= 15 is 0 Å². The molecule has 0 fully saturated rings. The van der Waals surface area contributed by atoms with E-state index in [1.165, 1.54) is 22.3 Å². The molecule has 0 aromatic heterocycles. The highest BCUT2D eigenvalue weighted by Gasteiger charge is 2.30. The second-order valence-corrected chi connectivity index (χ2v) is 5.84. The molecule has 0 bridgehead atoms. The number of hydrogen-bond acceptors (Lipinski definition) is 2. The summed E-state index contributed by atoms with van der Waals surface area (Å²) < 4.78 is 6.24. The van der Waals surface area contributed by atoms with Crippen molar-refractivity contribution in [3.63, 3.8) is 0 Å². The topological polar surface area (TPSA) is 33.0 Å². The van der Waals surface area contributed by atoms with Crippen LogP contribution in [0.25, 0.3) is 5.76 Å². The van der Waals surface area contributed by atoms with Gasteiger partial charge in [0.15, 0.2) is 0 Å². The molecule has 2 aliphatic rings. The van der Waals surface area contributed by atoms with Gasteiger partial charge in [-0.3, -0.25) is 0 Å². The SMILES string of the molecule is C/C=C(C#N)\C=C1/CCc2ccccc2C2=C1CC(CC)O2.CC. The summed E-state index contributed by atoms with van der Waals surface area (Å²) in [4.78, 5) is 0. The van der Waals surface area contributed by atoms with Crippen LogP contribution in [0.4, 0.5) is 0 Å². The first-order chi connectivity index (χ1) is 11.8. The molecule has 0 spiro atoms. The van der Waals surface area contributed by atoms with Gasteiger partial charge in [-0.2, -0.15) is 5.26 Å². The van der Waals surface area contributed by atoms with Crippen LogP contribution in [0, 0.1) is 11.3 Å². The maximum absolute atomic E-state index is 9.23. The Labute approximate surface area is 146 Å². The van der Waals surface area contributed by atoms with Gasteiger partial charge >= 0.3 is 0 Å². The number of benzene rings is 1. The van der Waals surface area contributed by atoms with Crippen LogP contribution in [0.15, 0.2) is 53.1 Å². The smallest absolute Gasteiger partial charge is 0.130 e. The van der Waals surface area contributed by atoms with Crippen LogP contribution in [0.1, 0.15) is 58.1 Å². The van der Waals surface area contributed by atoms with Gasteiger partial charge in [-0.15, -0.1) is 0 Å². The number of fused-ring (bicyclic) bond motifs is 2. The molecule has 0 N–H and O–H groups in total. The molecule has 1 heterocycles. The largest absolute Gasteiger partial charge is 0.489 e. The molecule has 2 heteroatoms. The van der Waals surface area contributed by atoms with Crippen molar-refractivity contribution in [2.75, 3.05) is 0 Å². The maximum atomic E-state index is 9.23. The highest BCUT2D eigenvalue weighted by Crippen LogP contribution is 2.42. The molecule has 126 valence electrons. The Kier molecular flexibility index (Phi) is 6.44. The van der Waals surface area contributed by atoms with Crippen molar-refractivity contribution in [2.45, 2.75) is 59.5 Å². The van der Waals surface area contributed by atoms with E-state index in [1.54, 1.807) is 0 Å². The standard InChI is InChI=1S/C20H21NO.C2H6/c1-3-14(13-21)11-16-10-9-15-7-5-6-8-18(15)20-19(16)12-17(4-2)22-20;1-2/h3,5-8,11,17H,4,9-10,12H2,1-2H3;1-2H3/b14-3+,16-11+;. The molecule has 1 aromatic carbocycles. The summed E-state index contributed by atoms with van der Waals surface area (Å²) in [5, 5.41) is 9.23. The highest BCUT2D eigenvalue weighted by atomic mass is 16.5. The summed E-state index contributed by atoms with van der Waals surface area (Å²) in [5.41, 5.74) is 5.86. The predicted octanol–water partition coefficient (Wildman–Crippen LogP) is 5.97. The zero-order valence-corrected chi connectivity index (χ0v) is 15.2. The van der Waals surface area contributed by atoms with Crippen molar-refractivity contribution in [1.82, 2.24) is 0 Å². The van der Waals surface area contributed by atoms with Crippen LogP contribution in [0.5, 0.6) is 0 Å². The molecule has 0 saturated heterocycles. The molecule has 0 amide bonds. The molecule has 0 saturated carbocycles. The third-order valence-electron chi connectivity index (χ3n) is 4.53. The quantitative estimate of drug-likeness (QED) is 0.629. The van der Waals surface area contributed by atoms with Gasteiger partial charge in [-0.1, -0.05) is 51.1 Å². The van der Waals surface area contributed by atoms with Gasteiger partial charge in [0.2, 0.25) is 0 Å². The van der Waals surface area contributed by atoms with Crippen molar-refractivity contribution >= 4 is 5.76 Å². The fraction of sp³-hybridized carbons (Fsp3) is 0.409. The molecule has 1 aliphatic heterocycles. The third-order valence-corrected chi connectivity index (χ3v) is 4.53. The minimum Gasteiger partial charge on any atom is -0.489 e. The summed E-state index contributed by atoms with van der Waals surface area (Å²) in [6, 6.07) is 10.8. The molecule has 24 heavy (non-hydrogen) atoms. The monoisotopic (exact) mass is 321 g/mol. The molecule has 0 radical (unpaired) electrons. The first kappa shape index (κ1) is 18.1. The number of nitriles is 1. The normalized spacial score (nSPS) is 21.0. The van der Waals surface area contributed by atoms with Gasteiger partial charge < -0.3 is 4.74 Å². The van der Waals surface area contributed by atoms with Gasteiger partial charge in [0, 0.05) is 23.1 Å². The first-order valence-corrected chi connectivity index (χ1v) is 9.02. The number of ether oxygens (including phenoxy) is 1. The fourth-order valence-electron chi connectivity index (χ4n) is 3.24. The van der Waals surface area contributed by atoms with E-state index in [0.29, 0.717) is 0 Å². The second kappa shape index (κ2) is 8.55. The second-order valence-electron chi connectivity index (χ2n) is 5.84. The first-order valence-electron chi connectivity index (χ1n) is 9.02. The molecule has 1 aliphatic carbocycles. The highest BCUT2D eigenvalue weighted by molar-refractivity contribution is 5.73. The van der Waals surface area contributed by atoms with E-state index in [0.717, 1.165) is 37.0 Å². The van der Waals surface area contributed by atoms with Crippen LogP contribution >= 0.6 is 0 Å². The third kappa shape index (κ3) is 3.62. The summed E-state index contributed by atoms with van der Waals surface area (Å²) in [6.45, 7) is 8.08. The molecule has 3 rings (SSSR count). The fourth-order valence-corrected chi connectivity index (χ4v) is 3.24. The number of aryl methyl sites for hydroxylation is 1. The van der Waals surface area contributed by atoms with Crippen molar-refractivity contribution in [2.24, 2.45) is 0 Å². The summed E-state index contributed by atoms with van der Waals surface area (Å²) in [5.74, 6) is 1.04. The van der Waals surface area contributed by atoms with E-state index in [4.69, 9.17) is 4.74 Å². The Morgan fingerprint density at radius 3 is 2.71 bits per heavy atom. The minimum absolute atomic E-state index is 0.260.